The summed E-state index contributed by atoms with van der Waals surface area (Å²) in [6.45, 7) is 3.26. The van der Waals surface area contributed by atoms with Gasteiger partial charge in [0.25, 0.3) is 0 Å². The number of nitrogens with zero attached hydrogens (tertiary/aromatic N) is 4. The first-order valence-corrected chi connectivity index (χ1v) is 6.39. The number of aromatic nitrogens is 3. The fraction of sp³-hybridized carbons (Fsp3) is 0.462. The minimum atomic E-state index is -0.287. The summed E-state index contributed by atoms with van der Waals surface area (Å²) in [6.07, 6.45) is 3.55. The quantitative estimate of drug-likeness (QED) is 0.831. The normalized spacial score (nSPS) is 19.7. The molecule has 0 aromatic carbocycles. The maximum Gasteiger partial charge on any atom is 0.231 e. The van der Waals surface area contributed by atoms with Gasteiger partial charge in [-0.25, -0.2) is 9.37 Å². The van der Waals surface area contributed by atoms with Crippen molar-refractivity contribution in [1.82, 2.24) is 15.1 Å². The summed E-state index contributed by atoms with van der Waals surface area (Å²) < 4.78 is 19.0. The van der Waals surface area contributed by atoms with Crippen LogP contribution in [0.25, 0.3) is 0 Å². The molecule has 0 unspecified atom stereocenters. The number of aryl methyl sites for hydroxylation is 1. The topological polar surface area (TPSA) is 55.1 Å². The molecule has 3 rings (SSSR count). The van der Waals surface area contributed by atoms with E-state index in [1.807, 2.05) is 4.90 Å². The second-order valence-corrected chi connectivity index (χ2v) is 4.77. The molecule has 2 aromatic heterocycles. The van der Waals surface area contributed by atoms with E-state index in [4.69, 9.17) is 4.52 Å². The van der Waals surface area contributed by atoms with Gasteiger partial charge in [0, 0.05) is 19.3 Å². The van der Waals surface area contributed by atoms with Gasteiger partial charge in [0.05, 0.1) is 5.92 Å². The fourth-order valence-corrected chi connectivity index (χ4v) is 2.46. The third kappa shape index (κ3) is 2.43. The van der Waals surface area contributed by atoms with Crippen molar-refractivity contribution < 1.29 is 8.91 Å². The van der Waals surface area contributed by atoms with E-state index < -0.39 is 0 Å². The average Bonchev–Trinajstić information content (AvgIpc) is 2.86. The van der Waals surface area contributed by atoms with Crippen molar-refractivity contribution in [1.29, 1.82) is 0 Å². The largest absolute Gasteiger partial charge is 0.353 e. The van der Waals surface area contributed by atoms with Crippen molar-refractivity contribution in [3.63, 3.8) is 0 Å². The highest BCUT2D eigenvalue weighted by molar-refractivity contribution is 5.40. The van der Waals surface area contributed by atoms with E-state index in [-0.39, 0.29) is 11.7 Å². The van der Waals surface area contributed by atoms with E-state index in [2.05, 4.69) is 15.1 Å². The Morgan fingerprint density at radius 3 is 3.11 bits per heavy atom. The molecule has 2 aromatic rings. The molecule has 100 valence electrons. The standard InChI is InChI=1S/C13H15FN4O/c1-9-16-13(19-17-9)10-4-3-7-18(8-10)12-11(14)5-2-6-15-12/h2,5-6,10H,3-4,7-8H2,1H3/t10-/m0/s1. The van der Waals surface area contributed by atoms with E-state index in [1.165, 1.54) is 6.07 Å². The number of rotatable bonds is 2. The predicted octanol–water partition coefficient (Wildman–Crippen LogP) is 2.30. The summed E-state index contributed by atoms with van der Waals surface area (Å²) in [5.74, 6) is 1.54. The van der Waals surface area contributed by atoms with Crippen molar-refractivity contribution in [2.45, 2.75) is 25.7 Å². The van der Waals surface area contributed by atoms with Gasteiger partial charge in [-0.1, -0.05) is 5.16 Å². The molecule has 1 atom stereocenters. The molecule has 1 aliphatic rings. The zero-order chi connectivity index (χ0) is 13.2. The molecule has 0 amide bonds. The third-order valence-electron chi connectivity index (χ3n) is 3.35. The summed E-state index contributed by atoms with van der Waals surface area (Å²) in [5, 5.41) is 3.81. The molecule has 1 fully saturated rings. The molecule has 0 radical (unpaired) electrons. The summed E-state index contributed by atoms with van der Waals surface area (Å²) in [6, 6.07) is 3.03. The zero-order valence-electron chi connectivity index (χ0n) is 10.7. The average molecular weight is 262 g/mol. The lowest BCUT2D eigenvalue weighted by Crippen LogP contribution is -2.35. The van der Waals surface area contributed by atoms with E-state index in [9.17, 15) is 4.39 Å². The Labute approximate surface area is 110 Å². The Morgan fingerprint density at radius 2 is 2.37 bits per heavy atom. The Morgan fingerprint density at radius 1 is 1.47 bits per heavy atom. The van der Waals surface area contributed by atoms with Crippen LogP contribution in [-0.4, -0.2) is 28.2 Å². The van der Waals surface area contributed by atoms with Gasteiger partial charge in [-0.2, -0.15) is 4.98 Å². The zero-order valence-corrected chi connectivity index (χ0v) is 10.7. The van der Waals surface area contributed by atoms with E-state index in [0.29, 0.717) is 24.1 Å². The highest BCUT2D eigenvalue weighted by Crippen LogP contribution is 2.29. The Balaban J connectivity index is 1.80. The molecule has 3 heterocycles. The number of halogens is 1. The van der Waals surface area contributed by atoms with Gasteiger partial charge in [0.15, 0.2) is 17.5 Å². The number of hydrogen-bond donors (Lipinski definition) is 0. The lowest BCUT2D eigenvalue weighted by molar-refractivity contribution is 0.330. The van der Waals surface area contributed by atoms with Gasteiger partial charge in [0.1, 0.15) is 0 Å². The third-order valence-corrected chi connectivity index (χ3v) is 3.35. The minimum Gasteiger partial charge on any atom is -0.353 e. The first kappa shape index (κ1) is 12.1. The van der Waals surface area contributed by atoms with Gasteiger partial charge in [-0.3, -0.25) is 0 Å². The van der Waals surface area contributed by atoms with Crippen molar-refractivity contribution in [3.05, 3.63) is 35.9 Å². The van der Waals surface area contributed by atoms with Gasteiger partial charge < -0.3 is 9.42 Å². The SMILES string of the molecule is Cc1noc([C@H]2CCCN(c3ncccc3F)C2)n1. The van der Waals surface area contributed by atoms with Crippen LogP contribution in [0.3, 0.4) is 0 Å². The maximum absolute atomic E-state index is 13.8. The highest BCUT2D eigenvalue weighted by Gasteiger charge is 2.27. The first-order valence-electron chi connectivity index (χ1n) is 6.39. The molecule has 1 saturated heterocycles. The Kier molecular flexibility index (Phi) is 3.15. The number of hydrogen-bond acceptors (Lipinski definition) is 5. The van der Waals surface area contributed by atoms with Crippen LogP contribution in [0, 0.1) is 12.7 Å². The van der Waals surface area contributed by atoms with Crippen LogP contribution in [0.5, 0.6) is 0 Å². The monoisotopic (exact) mass is 262 g/mol. The van der Waals surface area contributed by atoms with Crippen molar-refractivity contribution in [3.8, 4) is 0 Å². The smallest absolute Gasteiger partial charge is 0.231 e. The summed E-state index contributed by atoms with van der Waals surface area (Å²) in [7, 11) is 0. The Bertz CT molecular complexity index is 571. The molecule has 0 spiro atoms. The summed E-state index contributed by atoms with van der Waals surface area (Å²) in [4.78, 5) is 10.3. The maximum atomic E-state index is 13.8. The van der Waals surface area contributed by atoms with Crippen molar-refractivity contribution >= 4 is 5.82 Å². The van der Waals surface area contributed by atoms with Crippen LogP contribution in [-0.2, 0) is 0 Å². The van der Waals surface area contributed by atoms with E-state index in [1.54, 1.807) is 19.2 Å². The molecular weight excluding hydrogens is 247 g/mol. The molecule has 5 nitrogen and oxygen atoms in total. The van der Waals surface area contributed by atoms with Crippen LogP contribution in [0.15, 0.2) is 22.9 Å². The van der Waals surface area contributed by atoms with E-state index >= 15 is 0 Å². The number of piperidine rings is 1. The van der Waals surface area contributed by atoms with Crippen molar-refractivity contribution in [2.75, 3.05) is 18.0 Å². The molecular formula is C13H15FN4O. The molecule has 19 heavy (non-hydrogen) atoms. The lowest BCUT2D eigenvalue weighted by Gasteiger charge is -2.31. The Hall–Kier alpha value is -1.98. The molecule has 0 aliphatic carbocycles. The van der Waals surface area contributed by atoms with Crippen LogP contribution in [0.1, 0.15) is 30.5 Å². The number of pyridine rings is 1. The predicted molar refractivity (Wildman–Crippen MR) is 67.4 cm³/mol. The molecule has 0 saturated carbocycles. The first-order chi connectivity index (χ1) is 9.24. The molecule has 0 bridgehead atoms. The highest BCUT2D eigenvalue weighted by atomic mass is 19.1. The molecule has 0 N–H and O–H groups in total. The lowest BCUT2D eigenvalue weighted by atomic mass is 9.98. The second-order valence-electron chi connectivity index (χ2n) is 4.77. The van der Waals surface area contributed by atoms with Gasteiger partial charge in [-0.05, 0) is 31.9 Å². The fourth-order valence-electron chi connectivity index (χ4n) is 2.46. The molecule has 6 heteroatoms. The van der Waals surface area contributed by atoms with E-state index in [0.717, 1.165) is 19.4 Å². The van der Waals surface area contributed by atoms with Crippen LogP contribution in [0.2, 0.25) is 0 Å². The van der Waals surface area contributed by atoms with Gasteiger partial charge >= 0.3 is 0 Å². The number of anilines is 1. The second kappa shape index (κ2) is 4.95. The van der Waals surface area contributed by atoms with Crippen LogP contribution >= 0.6 is 0 Å². The minimum absolute atomic E-state index is 0.149. The van der Waals surface area contributed by atoms with Gasteiger partial charge in [0.2, 0.25) is 5.89 Å². The summed E-state index contributed by atoms with van der Waals surface area (Å²) in [5.41, 5.74) is 0. The molecule has 1 aliphatic heterocycles. The summed E-state index contributed by atoms with van der Waals surface area (Å²) >= 11 is 0. The van der Waals surface area contributed by atoms with Crippen molar-refractivity contribution in [2.24, 2.45) is 0 Å². The van der Waals surface area contributed by atoms with Crippen LogP contribution in [0.4, 0.5) is 10.2 Å². The van der Waals surface area contributed by atoms with Crippen LogP contribution < -0.4 is 4.90 Å². The van der Waals surface area contributed by atoms with Gasteiger partial charge in [-0.15, -0.1) is 0 Å².